The van der Waals surface area contributed by atoms with Crippen molar-refractivity contribution in [2.24, 2.45) is 0 Å². The minimum Gasteiger partial charge on any atom is -0.454 e. The van der Waals surface area contributed by atoms with Gasteiger partial charge in [0.1, 0.15) is 17.3 Å². The predicted octanol–water partition coefficient (Wildman–Crippen LogP) is 5.17. The average Bonchev–Trinajstić information content (AvgIpc) is 2.67. The normalized spacial score (nSPS) is 16.1. The smallest absolute Gasteiger partial charge is 0.454 e. The number of carbonyl (C=O) groups excluding carboxylic acids is 1. The van der Waals surface area contributed by atoms with Crippen molar-refractivity contribution in [3.63, 3.8) is 0 Å². The molecule has 0 saturated heterocycles. The molecule has 2 aromatic rings. The average molecular weight is 434 g/mol. The summed E-state index contributed by atoms with van der Waals surface area (Å²) in [5.74, 6) is -1.13. The fourth-order valence-corrected chi connectivity index (χ4v) is 3.58. The Bertz CT molecular complexity index is 908. The summed E-state index contributed by atoms with van der Waals surface area (Å²) in [7, 11) is -4.28. The first-order valence-electron chi connectivity index (χ1n) is 9.18. The van der Waals surface area contributed by atoms with Crippen molar-refractivity contribution < 1.29 is 37.4 Å². The highest BCUT2D eigenvalue weighted by molar-refractivity contribution is 7.49. The summed E-state index contributed by atoms with van der Waals surface area (Å²) >= 11 is 0. The fourth-order valence-electron chi connectivity index (χ4n) is 2.44. The van der Waals surface area contributed by atoms with Gasteiger partial charge in [0.05, 0.1) is 6.08 Å². The van der Waals surface area contributed by atoms with E-state index in [2.05, 4.69) is 0 Å². The summed E-state index contributed by atoms with van der Waals surface area (Å²) in [6.07, 6.45) is 1.13. The molecule has 0 aliphatic carbocycles. The van der Waals surface area contributed by atoms with Crippen molar-refractivity contribution in [1.82, 2.24) is 0 Å². The molecule has 0 fully saturated rings. The van der Waals surface area contributed by atoms with Crippen LogP contribution in [0, 0.1) is 0 Å². The maximum atomic E-state index is 13.3. The molecule has 0 amide bonds. The topological polar surface area (TPSA) is 89.5 Å². The second-order valence-electron chi connectivity index (χ2n) is 7.36. The summed E-state index contributed by atoms with van der Waals surface area (Å²) in [4.78, 5) is 17.2. The van der Waals surface area contributed by atoms with Gasteiger partial charge in [0.25, 0.3) is 0 Å². The number of phosphoric acid groups is 1. The van der Waals surface area contributed by atoms with Gasteiger partial charge in [0, 0.05) is 13.8 Å². The van der Waals surface area contributed by atoms with Crippen LogP contribution < -0.4 is 9.05 Å². The Morgan fingerprint density at radius 1 is 0.867 bits per heavy atom. The Balaban J connectivity index is 1.80. The summed E-state index contributed by atoms with van der Waals surface area (Å²) in [5, 5.41) is 0. The SMILES string of the molecule is CC1(C)OC(=O)C=C(C(C)(C)OOP(=O)(Oc2ccccc2)Oc2ccccc2)O1. The highest BCUT2D eigenvalue weighted by Gasteiger charge is 2.42. The van der Waals surface area contributed by atoms with Crippen LogP contribution in [0.3, 0.4) is 0 Å². The van der Waals surface area contributed by atoms with Gasteiger partial charge in [-0.25, -0.2) is 14.2 Å². The van der Waals surface area contributed by atoms with E-state index in [-0.39, 0.29) is 17.3 Å². The molecule has 0 aromatic heterocycles. The lowest BCUT2D eigenvalue weighted by Gasteiger charge is -2.36. The fraction of sp³-hybridized carbons (Fsp3) is 0.286. The third kappa shape index (κ3) is 5.86. The Labute approximate surface area is 174 Å². The molecule has 0 atom stereocenters. The van der Waals surface area contributed by atoms with Gasteiger partial charge in [0.15, 0.2) is 5.60 Å². The Hall–Kier alpha value is -2.80. The lowest BCUT2D eigenvalue weighted by atomic mass is 10.1. The zero-order chi connectivity index (χ0) is 21.8. The number of cyclic esters (lactones) is 1. The van der Waals surface area contributed by atoms with E-state index in [9.17, 15) is 9.36 Å². The Kier molecular flexibility index (Phi) is 6.22. The van der Waals surface area contributed by atoms with Crippen molar-refractivity contribution in [1.29, 1.82) is 0 Å². The van der Waals surface area contributed by atoms with Crippen molar-refractivity contribution >= 4 is 13.8 Å². The molecule has 1 aliphatic rings. The quantitative estimate of drug-likeness (QED) is 0.243. The predicted molar refractivity (Wildman–Crippen MR) is 107 cm³/mol. The number of esters is 1. The highest BCUT2D eigenvalue weighted by atomic mass is 31.2. The van der Waals surface area contributed by atoms with E-state index in [4.69, 9.17) is 28.1 Å². The number of benzene rings is 2. The van der Waals surface area contributed by atoms with E-state index in [0.717, 1.165) is 6.08 Å². The van der Waals surface area contributed by atoms with Crippen LogP contribution in [-0.4, -0.2) is 17.4 Å². The number of rotatable bonds is 8. The molecule has 0 radical (unpaired) electrons. The van der Waals surface area contributed by atoms with Crippen molar-refractivity contribution in [2.75, 3.05) is 0 Å². The van der Waals surface area contributed by atoms with Crippen LogP contribution in [0.4, 0.5) is 0 Å². The van der Waals surface area contributed by atoms with Gasteiger partial charge in [-0.1, -0.05) is 36.4 Å². The first-order valence-corrected chi connectivity index (χ1v) is 10.6. The molecule has 0 bridgehead atoms. The summed E-state index contributed by atoms with van der Waals surface area (Å²) in [6, 6.07) is 16.8. The lowest BCUT2D eigenvalue weighted by molar-refractivity contribution is -0.300. The molecule has 0 saturated carbocycles. The van der Waals surface area contributed by atoms with Crippen LogP contribution in [0.2, 0.25) is 0 Å². The van der Waals surface area contributed by atoms with Crippen LogP contribution in [-0.2, 0) is 28.4 Å². The molecule has 0 spiro atoms. The minimum atomic E-state index is -4.28. The van der Waals surface area contributed by atoms with Gasteiger partial charge in [-0.2, -0.15) is 0 Å². The monoisotopic (exact) mass is 434 g/mol. The Morgan fingerprint density at radius 2 is 1.37 bits per heavy atom. The number of hydrogen-bond donors (Lipinski definition) is 0. The van der Waals surface area contributed by atoms with Crippen LogP contribution >= 0.6 is 7.82 Å². The van der Waals surface area contributed by atoms with E-state index in [1.54, 1.807) is 88.4 Å². The van der Waals surface area contributed by atoms with Crippen LogP contribution in [0.15, 0.2) is 72.5 Å². The van der Waals surface area contributed by atoms with E-state index in [1.165, 1.54) is 0 Å². The van der Waals surface area contributed by atoms with Gasteiger partial charge in [-0.15, -0.1) is 4.67 Å². The largest absolute Gasteiger partial charge is 0.615 e. The minimum absolute atomic E-state index is 0.134. The van der Waals surface area contributed by atoms with Crippen molar-refractivity contribution in [2.45, 2.75) is 39.1 Å². The molecule has 1 aliphatic heterocycles. The molecule has 1 heterocycles. The van der Waals surface area contributed by atoms with E-state index < -0.39 is 25.2 Å². The van der Waals surface area contributed by atoms with Gasteiger partial charge in [-0.3, -0.25) is 0 Å². The third-order valence-corrected chi connectivity index (χ3v) is 4.93. The molecule has 0 unspecified atom stereocenters. The van der Waals surface area contributed by atoms with Gasteiger partial charge >= 0.3 is 13.8 Å². The zero-order valence-corrected chi connectivity index (χ0v) is 18.0. The standard InChI is InChI=1S/C21H23O8P/c1-20(2,18-15-19(22)25-21(3,4)24-18)28-29-30(23,26-16-11-7-5-8-12-16)27-17-13-9-6-10-14-17/h5-15H,1-4H3. The van der Waals surface area contributed by atoms with Crippen LogP contribution in [0.1, 0.15) is 27.7 Å². The summed E-state index contributed by atoms with van der Waals surface area (Å²) in [5.41, 5.74) is -1.31. The molecule has 30 heavy (non-hydrogen) atoms. The van der Waals surface area contributed by atoms with Gasteiger partial charge < -0.3 is 18.5 Å². The number of para-hydroxylation sites is 2. The highest BCUT2D eigenvalue weighted by Crippen LogP contribution is 2.51. The maximum Gasteiger partial charge on any atom is 0.615 e. The number of hydrogen-bond acceptors (Lipinski definition) is 8. The summed E-state index contributed by atoms with van der Waals surface area (Å²) < 4.78 is 40.2. The number of carbonyl (C=O) groups is 1. The molecule has 160 valence electrons. The lowest BCUT2D eigenvalue weighted by Crippen LogP contribution is -2.41. The van der Waals surface area contributed by atoms with E-state index in [0.29, 0.717) is 0 Å². The molecular weight excluding hydrogens is 411 g/mol. The summed E-state index contributed by atoms with van der Waals surface area (Å²) in [6.45, 7) is 6.30. The second-order valence-corrected chi connectivity index (χ2v) is 8.76. The molecule has 9 heteroatoms. The molecule has 8 nitrogen and oxygen atoms in total. The van der Waals surface area contributed by atoms with E-state index >= 15 is 0 Å². The second kappa shape index (κ2) is 8.52. The van der Waals surface area contributed by atoms with E-state index in [1.807, 2.05) is 0 Å². The maximum absolute atomic E-state index is 13.3. The van der Waals surface area contributed by atoms with Gasteiger partial charge in [0.2, 0.25) is 5.79 Å². The van der Waals surface area contributed by atoms with Crippen LogP contribution in [0.25, 0.3) is 0 Å². The van der Waals surface area contributed by atoms with Gasteiger partial charge in [-0.05, 0) is 38.1 Å². The molecule has 0 N–H and O–H groups in total. The van der Waals surface area contributed by atoms with Crippen LogP contribution in [0.5, 0.6) is 11.5 Å². The number of phosphoric ester groups is 1. The molecule has 3 rings (SSSR count). The first kappa shape index (κ1) is 21.9. The molecule has 2 aromatic carbocycles. The molecular formula is C21H23O8P. The van der Waals surface area contributed by atoms with Crippen molar-refractivity contribution in [3.8, 4) is 11.5 Å². The Morgan fingerprint density at radius 3 is 1.83 bits per heavy atom. The zero-order valence-electron chi connectivity index (χ0n) is 17.1. The first-order chi connectivity index (χ1) is 14.1. The number of ether oxygens (including phenoxy) is 2. The van der Waals surface area contributed by atoms with Crippen molar-refractivity contribution in [3.05, 3.63) is 72.5 Å². The third-order valence-electron chi connectivity index (χ3n) is 3.80.